The number of rotatable bonds is 1. The summed E-state index contributed by atoms with van der Waals surface area (Å²) in [6.07, 6.45) is 1.74. The number of para-hydroxylation sites is 1. The Balaban J connectivity index is 2.59. The summed E-state index contributed by atoms with van der Waals surface area (Å²) < 4.78 is 3.62. The van der Waals surface area contributed by atoms with Crippen molar-refractivity contribution in [3.63, 3.8) is 0 Å². The van der Waals surface area contributed by atoms with Gasteiger partial charge in [-0.1, -0.05) is 18.2 Å². The zero-order chi connectivity index (χ0) is 10.2. The van der Waals surface area contributed by atoms with Gasteiger partial charge in [-0.2, -0.15) is 0 Å². The molecule has 1 unspecified atom stereocenters. The summed E-state index contributed by atoms with van der Waals surface area (Å²) in [6.45, 7) is 0. The van der Waals surface area contributed by atoms with Gasteiger partial charge in [0.1, 0.15) is 0 Å². The standard InChI is InChI=1S/C10H8BrNO2/c1-14-9(13)10(11)6-7-4-2-3-5-8(7)12-10/h2-6H,1H3. The molecule has 1 aliphatic rings. The molecular formula is C10H8BrNO2. The van der Waals surface area contributed by atoms with Crippen LogP contribution in [0, 0.1) is 0 Å². The van der Waals surface area contributed by atoms with Crippen molar-refractivity contribution in [1.29, 1.82) is 0 Å². The molecule has 1 atom stereocenters. The van der Waals surface area contributed by atoms with Crippen LogP contribution < -0.4 is 10.6 Å². The smallest absolute Gasteiger partial charge is 0.349 e. The second kappa shape index (κ2) is 3.20. The summed E-state index contributed by atoms with van der Waals surface area (Å²) >= 11 is 3.26. The van der Waals surface area contributed by atoms with Crippen molar-refractivity contribution in [1.82, 2.24) is 0 Å². The molecule has 0 saturated heterocycles. The molecule has 0 spiro atoms. The zero-order valence-corrected chi connectivity index (χ0v) is 9.11. The molecule has 1 aliphatic heterocycles. The van der Waals surface area contributed by atoms with E-state index in [-0.39, 0.29) is 0 Å². The third kappa shape index (κ3) is 1.35. The fourth-order valence-corrected chi connectivity index (χ4v) is 1.97. The van der Waals surface area contributed by atoms with Crippen LogP contribution in [0.4, 0.5) is 0 Å². The molecule has 72 valence electrons. The van der Waals surface area contributed by atoms with Gasteiger partial charge < -0.3 is 4.74 Å². The number of methoxy groups -OCH3 is 1. The SMILES string of the molecule is COC(=O)C1(Br)C=c2ccccc2=N1. The van der Waals surface area contributed by atoms with E-state index in [1.807, 2.05) is 24.3 Å². The van der Waals surface area contributed by atoms with Crippen LogP contribution >= 0.6 is 15.9 Å². The minimum atomic E-state index is -1.04. The summed E-state index contributed by atoms with van der Waals surface area (Å²) in [7, 11) is 1.34. The molecule has 0 amide bonds. The molecule has 0 bridgehead atoms. The first kappa shape index (κ1) is 9.40. The molecule has 0 fully saturated rings. The number of fused-ring (bicyclic) bond motifs is 1. The number of ether oxygens (including phenoxy) is 1. The lowest BCUT2D eigenvalue weighted by molar-refractivity contribution is -0.141. The average molecular weight is 254 g/mol. The molecule has 0 radical (unpaired) electrons. The van der Waals surface area contributed by atoms with Gasteiger partial charge in [0.25, 0.3) is 0 Å². The van der Waals surface area contributed by atoms with Crippen molar-refractivity contribution in [3.8, 4) is 0 Å². The quantitative estimate of drug-likeness (QED) is 0.412. The maximum atomic E-state index is 11.4. The fourth-order valence-electron chi connectivity index (χ4n) is 1.37. The number of hydrogen-bond donors (Lipinski definition) is 0. The Hall–Kier alpha value is -1.16. The van der Waals surface area contributed by atoms with Gasteiger partial charge in [0, 0.05) is 0 Å². The van der Waals surface area contributed by atoms with E-state index in [0.717, 1.165) is 10.6 Å². The van der Waals surface area contributed by atoms with Crippen LogP contribution in [0.3, 0.4) is 0 Å². The minimum Gasteiger partial charge on any atom is -0.466 e. The Bertz CT molecular complexity index is 460. The lowest BCUT2D eigenvalue weighted by Crippen LogP contribution is -2.27. The topological polar surface area (TPSA) is 38.7 Å². The van der Waals surface area contributed by atoms with Gasteiger partial charge in [0.15, 0.2) is 0 Å². The lowest BCUT2D eigenvalue weighted by atomic mass is 10.2. The maximum absolute atomic E-state index is 11.4. The molecule has 0 N–H and O–H groups in total. The van der Waals surface area contributed by atoms with E-state index in [1.54, 1.807) is 6.08 Å². The largest absolute Gasteiger partial charge is 0.466 e. The zero-order valence-electron chi connectivity index (χ0n) is 7.53. The number of nitrogens with zero attached hydrogens (tertiary/aromatic N) is 1. The van der Waals surface area contributed by atoms with E-state index < -0.39 is 10.4 Å². The van der Waals surface area contributed by atoms with Crippen molar-refractivity contribution in [2.45, 2.75) is 4.45 Å². The number of benzene rings is 1. The van der Waals surface area contributed by atoms with Gasteiger partial charge in [-0.15, -0.1) is 0 Å². The van der Waals surface area contributed by atoms with Crippen LogP contribution in [-0.2, 0) is 9.53 Å². The second-order valence-corrected chi connectivity index (χ2v) is 4.19. The number of halogens is 1. The van der Waals surface area contributed by atoms with Crippen LogP contribution in [0.25, 0.3) is 6.08 Å². The normalized spacial score (nSPS) is 23.3. The molecular weight excluding hydrogens is 246 g/mol. The average Bonchev–Trinajstić information content (AvgIpc) is 2.54. The van der Waals surface area contributed by atoms with Gasteiger partial charge in [0.2, 0.25) is 4.45 Å². The first-order valence-electron chi connectivity index (χ1n) is 4.11. The summed E-state index contributed by atoms with van der Waals surface area (Å²) in [6, 6.07) is 7.55. The Morgan fingerprint density at radius 1 is 1.50 bits per heavy atom. The second-order valence-electron chi connectivity index (χ2n) is 2.98. The fraction of sp³-hybridized carbons (Fsp3) is 0.200. The highest BCUT2D eigenvalue weighted by atomic mass is 79.9. The molecule has 2 rings (SSSR count). The first-order chi connectivity index (χ1) is 6.65. The van der Waals surface area contributed by atoms with Crippen molar-refractivity contribution in [3.05, 3.63) is 34.8 Å². The summed E-state index contributed by atoms with van der Waals surface area (Å²) in [5.41, 5.74) is 0. The number of carbonyl (C=O) groups is 1. The highest BCUT2D eigenvalue weighted by Gasteiger charge is 2.35. The molecule has 0 aromatic heterocycles. The minimum absolute atomic E-state index is 0.409. The van der Waals surface area contributed by atoms with E-state index in [9.17, 15) is 4.79 Å². The van der Waals surface area contributed by atoms with Gasteiger partial charge in [-0.25, -0.2) is 4.79 Å². The van der Waals surface area contributed by atoms with E-state index in [0.29, 0.717) is 0 Å². The van der Waals surface area contributed by atoms with Crippen LogP contribution in [-0.4, -0.2) is 17.5 Å². The highest BCUT2D eigenvalue weighted by molar-refractivity contribution is 9.10. The van der Waals surface area contributed by atoms with Gasteiger partial charge in [-0.05, 0) is 33.3 Å². The summed E-state index contributed by atoms with van der Waals surface area (Å²) in [4.78, 5) is 15.7. The third-order valence-corrected chi connectivity index (χ3v) is 2.77. The first-order valence-corrected chi connectivity index (χ1v) is 4.90. The molecule has 1 aromatic rings. The number of alkyl halides is 1. The van der Waals surface area contributed by atoms with Gasteiger partial charge >= 0.3 is 5.97 Å². The third-order valence-electron chi connectivity index (χ3n) is 2.04. The molecule has 0 saturated carbocycles. The van der Waals surface area contributed by atoms with Crippen molar-refractivity contribution < 1.29 is 9.53 Å². The molecule has 1 heterocycles. The van der Waals surface area contributed by atoms with Gasteiger partial charge in [-0.3, -0.25) is 4.99 Å². The molecule has 1 aromatic carbocycles. The Morgan fingerprint density at radius 2 is 2.21 bits per heavy atom. The highest BCUT2D eigenvalue weighted by Crippen LogP contribution is 2.24. The Labute approximate surface area is 89.2 Å². The van der Waals surface area contributed by atoms with Gasteiger partial charge in [0.05, 0.1) is 12.5 Å². The van der Waals surface area contributed by atoms with Crippen molar-refractivity contribution in [2.75, 3.05) is 7.11 Å². The molecule has 4 heteroatoms. The van der Waals surface area contributed by atoms with E-state index >= 15 is 0 Å². The monoisotopic (exact) mass is 253 g/mol. The summed E-state index contributed by atoms with van der Waals surface area (Å²) in [5.74, 6) is -0.409. The number of hydrogen-bond acceptors (Lipinski definition) is 3. The van der Waals surface area contributed by atoms with Crippen LogP contribution in [0.2, 0.25) is 0 Å². The Morgan fingerprint density at radius 3 is 2.86 bits per heavy atom. The van der Waals surface area contributed by atoms with E-state index in [4.69, 9.17) is 0 Å². The number of carbonyl (C=O) groups excluding carboxylic acids is 1. The predicted molar refractivity (Wildman–Crippen MR) is 55.4 cm³/mol. The predicted octanol–water partition coefficient (Wildman–Crippen LogP) is 0.364. The summed E-state index contributed by atoms with van der Waals surface area (Å²) in [5, 5.41) is 1.74. The number of esters is 1. The molecule has 14 heavy (non-hydrogen) atoms. The van der Waals surface area contributed by atoms with Crippen molar-refractivity contribution >= 4 is 28.0 Å². The van der Waals surface area contributed by atoms with E-state index in [2.05, 4.69) is 25.7 Å². The van der Waals surface area contributed by atoms with Crippen LogP contribution in [0.15, 0.2) is 29.3 Å². The lowest BCUT2D eigenvalue weighted by Gasteiger charge is -2.11. The van der Waals surface area contributed by atoms with Crippen molar-refractivity contribution in [2.24, 2.45) is 4.99 Å². The molecule has 3 nitrogen and oxygen atoms in total. The molecule has 0 aliphatic carbocycles. The Kier molecular flexibility index (Phi) is 2.15. The maximum Gasteiger partial charge on any atom is 0.349 e. The van der Waals surface area contributed by atoms with Crippen LogP contribution in [0.1, 0.15) is 0 Å². The van der Waals surface area contributed by atoms with Crippen LogP contribution in [0.5, 0.6) is 0 Å². The van der Waals surface area contributed by atoms with E-state index in [1.165, 1.54) is 7.11 Å².